The summed E-state index contributed by atoms with van der Waals surface area (Å²) in [5, 5.41) is 10.8. The van der Waals surface area contributed by atoms with E-state index in [1.54, 1.807) is 0 Å². The molecular formula is C10H15NO6. The average Bonchev–Trinajstić information content (AvgIpc) is 2.36. The Bertz CT molecular complexity index is 305. The van der Waals surface area contributed by atoms with Crippen molar-refractivity contribution in [2.45, 2.75) is 25.3 Å². The van der Waals surface area contributed by atoms with E-state index < -0.39 is 34.7 Å². The smallest absolute Gasteiger partial charge is 0.308 e. The molecule has 0 amide bonds. The number of ether oxygens (including phenoxy) is 2. The summed E-state index contributed by atoms with van der Waals surface area (Å²) in [5.41, 5.74) is 0. The number of carbonyl (C=O) groups excluding carboxylic acids is 2. The molecule has 1 aliphatic carbocycles. The Labute approximate surface area is 98.2 Å². The van der Waals surface area contributed by atoms with Crippen LogP contribution >= 0.6 is 0 Å². The van der Waals surface area contributed by atoms with Crippen LogP contribution in [0.15, 0.2) is 0 Å². The first-order valence-electron chi connectivity index (χ1n) is 5.28. The highest BCUT2D eigenvalue weighted by molar-refractivity contribution is 5.76. The van der Waals surface area contributed by atoms with Gasteiger partial charge in [-0.3, -0.25) is 19.7 Å². The van der Waals surface area contributed by atoms with Crippen LogP contribution in [0.2, 0.25) is 0 Å². The molecule has 1 fully saturated rings. The molecule has 0 aliphatic heterocycles. The van der Waals surface area contributed by atoms with Gasteiger partial charge in [0.2, 0.25) is 6.04 Å². The van der Waals surface area contributed by atoms with Gasteiger partial charge in [-0.15, -0.1) is 0 Å². The van der Waals surface area contributed by atoms with Crippen molar-refractivity contribution in [3.63, 3.8) is 0 Å². The summed E-state index contributed by atoms with van der Waals surface area (Å²) in [6.45, 7) is 0. The van der Waals surface area contributed by atoms with E-state index in [1.165, 1.54) is 14.2 Å². The third-order valence-electron chi connectivity index (χ3n) is 3.05. The minimum absolute atomic E-state index is 0.118. The highest BCUT2D eigenvalue weighted by Crippen LogP contribution is 2.32. The summed E-state index contributed by atoms with van der Waals surface area (Å²) >= 11 is 0. The zero-order valence-corrected chi connectivity index (χ0v) is 9.75. The molecule has 17 heavy (non-hydrogen) atoms. The fourth-order valence-electron chi connectivity index (χ4n) is 2.18. The number of nitro groups is 1. The lowest BCUT2D eigenvalue weighted by molar-refractivity contribution is -0.528. The first kappa shape index (κ1) is 13.4. The molecule has 2 unspecified atom stereocenters. The zero-order valence-electron chi connectivity index (χ0n) is 9.75. The molecule has 7 nitrogen and oxygen atoms in total. The maximum Gasteiger partial charge on any atom is 0.308 e. The van der Waals surface area contributed by atoms with Gasteiger partial charge in [0.15, 0.2) is 0 Å². The molecular weight excluding hydrogens is 230 g/mol. The molecule has 0 N–H and O–H groups in total. The second kappa shape index (κ2) is 5.60. The highest BCUT2D eigenvalue weighted by Gasteiger charge is 2.42. The lowest BCUT2D eigenvalue weighted by Gasteiger charge is -2.27. The number of rotatable bonds is 3. The Morgan fingerprint density at radius 3 is 1.76 bits per heavy atom. The molecule has 0 aromatic heterocycles. The fourth-order valence-corrected chi connectivity index (χ4v) is 2.18. The van der Waals surface area contributed by atoms with Crippen LogP contribution in [0.25, 0.3) is 0 Å². The van der Waals surface area contributed by atoms with Crippen LogP contribution in [-0.4, -0.2) is 37.1 Å². The van der Waals surface area contributed by atoms with Crippen molar-refractivity contribution in [1.29, 1.82) is 0 Å². The van der Waals surface area contributed by atoms with Crippen LogP contribution in [0.4, 0.5) is 0 Å². The topological polar surface area (TPSA) is 95.7 Å². The molecule has 1 aliphatic rings. The van der Waals surface area contributed by atoms with E-state index in [2.05, 4.69) is 9.47 Å². The lowest BCUT2D eigenvalue weighted by Crippen LogP contribution is -2.38. The van der Waals surface area contributed by atoms with Crippen molar-refractivity contribution in [1.82, 2.24) is 0 Å². The first-order valence-corrected chi connectivity index (χ1v) is 5.28. The van der Waals surface area contributed by atoms with Crippen LogP contribution in [0.3, 0.4) is 0 Å². The van der Waals surface area contributed by atoms with Gasteiger partial charge in [-0.1, -0.05) is 0 Å². The minimum atomic E-state index is -0.892. The maximum atomic E-state index is 11.4. The van der Waals surface area contributed by atoms with E-state index >= 15 is 0 Å². The molecule has 7 heteroatoms. The largest absolute Gasteiger partial charge is 0.469 e. The molecule has 0 bridgehead atoms. The number of hydrogen-bond acceptors (Lipinski definition) is 6. The molecule has 1 rings (SSSR count). The normalized spacial score (nSPS) is 28.2. The Morgan fingerprint density at radius 2 is 1.47 bits per heavy atom. The van der Waals surface area contributed by atoms with Gasteiger partial charge in [0.05, 0.1) is 26.1 Å². The predicted octanol–water partition coefficient (Wildman–Crippen LogP) is 0.394. The number of hydrogen-bond donors (Lipinski definition) is 0. The third-order valence-corrected chi connectivity index (χ3v) is 3.05. The molecule has 0 aromatic carbocycles. The van der Waals surface area contributed by atoms with E-state index in [0.717, 1.165) is 0 Å². The SMILES string of the molecule is COC(=O)C1CC(C(=O)OC)CC([N+](=O)[O-])C1. The summed E-state index contributed by atoms with van der Waals surface area (Å²) in [5.74, 6) is -2.22. The van der Waals surface area contributed by atoms with Crippen molar-refractivity contribution in [3.8, 4) is 0 Å². The second-order valence-corrected chi connectivity index (χ2v) is 4.09. The molecule has 0 heterocycles. The van der Waals surface area contributed by atoms with Gasteiger partial charge in [0, 0.05) is 17.8 Å². The average molecular weight is 245 g/mol. The Morgan fingerprint density at radius 1 is 1.06 bits per heavy atom. The van der Waals surface area contributed by atoms with E-state index in [1.807, 2.05) is 0 Å². The van der Waals surface area contributed by atoms with Crippen molar-refractivity contribution < 1.29 is 24.0 Å². The van der Waals surface area contributed by atoms with Crippen LogP contribution in [0, 0.1) is 22.0 Å². The summed E-state index contributed by atoms with van der Waals surface area (Å²) in [6.07, 6.45) is 0.490. The molecule has 0 radical (unpaired) electrons. The third kappa shape index (κ3) is 3.15. The lowest BCUT2D eigenvalue weighted by atomic mass is 9.78. The first-order chi connectivity index (χ1) is 7.99. The summed E-state index contributed by atoms with van der Waals surface area (Å²) < 4.78 is 9.13. The summed E-state index contributed by atoms with van der Waals surface area (Å²) in [7, 11) is 2.45. The number of carbonyl (C=O) groups is 2. The van der Waals surface area contributed by atoms with Crippen molar-refractivity contribution in [2.75, 3.05) is 14.2 Å². The highest BCUT2D eigenvalue weighted by atomic mass is 16.6. The molecule has 0 aromatic rings. The molecule has 0 spiro atoms. The Balaban J connectivity index is 2.79. The van der Waals surface area contributed by atoms with Crippen LogP contribution < -0.4 is 0 Å². The van der Waals surface area contributed by atoms with Gasteiger partial charge in [0.25, 0.3) is 0 Å². The molecule has 96 valence electrons. The van der Waals surface area contributed by atoms with Gasteiger partial charge >= 0.3 is 11.9 Å². The number of esters is 2. The van der Waals surface area contributed by atoms with E-state index in [9.17, 15) is 19.7 Å². The Hall–Kier alpha value is -1.66. The predicted molar refractivity (Wildman–Crippen MR) is 55.6 cm³/mol. The van der Waals surface area contributed by atoms with Crippen LogP contribution in [0.1, 0.15) is 19.3 Å². The standard InChI is InChI=1S/C10H15NO6/c1-16-9(12)6-3-7(10(13)17-2)5-8(4-6)11(14)15/h6-8H,3-5H2,1-2H3. The van der Waals surface area contributed by atoms with Gasteiger partial charge in [-0.2, -0.15) is 0 Å². The van der Waals surface area contributed by atoms with Gasteiger partial charge in [-0.25, -0.2) is 0 Å². The van der Waals surface area contributed by atoms with E-state index in [0.29, 0.717) is 0 Å². The zero-order chi connectivity index (χ0) is 13.0. The molecule has 0 saturated heterocycles. The summed E-state index contributed by atoms with van der Waals surface area (Å²) in [4.78, 5) is 33.1. The molecule has 2 atom stereocenters. The number of nitrogens with zero attached hydrogens (tertiary/aromatic N) is 1. The van der Waals surface area contributed by atoms with Gasteiger partial charge in [0.1, 0.15) is 0 Å². The van der Waals surface area contributed by atoms with E-state index in [4.69, 9.17) is 0 Å². The number of methoxy groups -OCH3 is 2. The van der Waals surface area contributed by atoms with Crippen LogP contribution in [0.5, 0.6) is 0 Å². The summed E-state index contributed by atoms with van der Waals surface area (Å²) in [6, 6.07) is -0.892. The quantitative estimate of drug-likeness (QED) is 0.405. The fraction of sp³-hybridized carbons (Fsp3) is 0.800. The monoisotopic (exact) mass is 245 g/mol. The van der Waals surface area contributed by atoms with Crippen molar-refractivity contribution in [3.05, 3.63) is 10.1 Å². The maximum absolute atomic E-state index is 11.4. The molecule has 1 saturated carbocycles. The van der Waals surface area contributed by atoms with Gasteiger partial charge < -0.3 is 9.47 Å². The Kier molecular flexibility index (Phi) is 4.42. The van der Waals surface area contributed by atoms with Crippen LogP contribution in [-0.2, 0) is 19.1 Å². The van der Waals surface area contributed by atoms with Gasteiger partial charge in [-0.05, 0) is 6.42 Å². The minimum Gasteiger partial charge on any atom is -0.469 e. The van der Waals surface area contributed by atoms with E-state index in [-0.39, 0.29) is 19.3 Å². The van der Waals surface area contributed by atoms with Crippen molar-refractivity contribution >= 4 is 11.9 Å². The van der Waals surface area contributed by atoms with Crippen molar-refractivity contribution in [2.24, 2.45) is 11.8 Å². The second-order valence-electron chi connectivity index (χ2n) is 4.09.